The van der Waals surface area contributed by atoms with Crippen LogP contribution in [-0.4, -0.2) is 26.4 Å². The first-order valence-electron chi connectivity index (χ1n) is 8.52. The molecule has 0 aliphatic rings. The van der Waals surface area contributed by atoms with Gasteiger partial charge in [-0.05, 0) is 29.3 Å². The second kappa shape index (κ2) is 7.61. The Balaban J connectivity index is 1.85. The number of nitrogens with one attached hydrogen (secondary N) is 1. The fourth-order valence-electron chi connectivity index (χ4n) is 2.97. The fraction of sp³-hybridized carbons (Fsp3) is 0.0476. The SMILES string of the molecule is ON=Cc1nc(NCc2ccccn2)c2c(-c3ccccc3)cccc2n1. The Labute approximate surface area is 156 Å². The molecule has 6 heteroatoms. The highest BCUT2D eigenvalue weighted by molar-refractivity contribution is 6.02. The van der Waals surface area contributed by atoms with Crippen LogP contribution < -0.4 is 5.32 Å². The second-order valence-corrected chi connectivity index (χ2v) is 5.92. The maximum atomic E-state index is 8.88. The zero-order valence-corrected chi connectivity index (χ0v) is 14.4. The van der Waals surface area contributed by atoms with E-state index in [2.05, 4.69) is 37.6 Å². The van der Waals surface area contributed by atoms with Crippen LogP contribution in [0.2, 0.25) is 0 Å². The molecule has 0 aliphatic heterocycles. The van der Waals surface area contributed by atoms with Crippen LogP contribution in [0.4, 0.5) is 5.82 Å². The topological polar surface area (TPSA) is 83.3 Å². The molecule has 0 unspecified atom stereocenters. The number of fused-ring (bicyclic) bond motifs is 1. The molecule has 27 heavy (non-hydrogen) atoms. The molecular weight excluding hydrogens is 338 g/mol. The summed E-state index contributed by atoms with van der Waals surface area (Å²) in [6.45, 7) is 0.520. The third-order valence-corrected chi connectivity index (χ3v) is 4.16. The van der Waals surface area contributed by atoms with E-state index in [1.807, 2.05) is 54.6 Å². The van der Waals surface area contributed by atoms with Crippen molar-refractivity contribution < 1.29 is 5.21 Å². The van der Waals surface area contributed by atoms with Crippen LogP contribution in [0.25, 0.3) is 22.0 Å². The molecule has 0 aliphatic carbocycles. The highest BCUT2D eigenvalue weighted by Gasteiger charge is 2.12. The molecule has 0 bridgehead atoms. The summed E-state index contributed by atoms with van der Waals surface area (Å²) in [5, 5.41) is 16.2. The summed E-state index contributed by atoms with van der Waals surface area (Å²) in [6.07, 6.45) is 2.98. The summed E-state index contributed by atoms with van der Waals surface area (Å²) in [4.78, 5) is 13.4. The van der Waals surface area contributed by atoms with Crippen molar-refractivity contribution in [2.45, 2.75) is 6.54 Å². The van der Waals surface area contributed by atoms with Crippen molar-refractivity contribution in [3.63, 3.8) is 0 Å². The monoisotopic (exact) mass is 355 g/mol. The van der Waals surface area contributed by atoms with Gasteiger partial charge in [0.2, 0.25) is 0 Å². The molecule has 0 saturated heterocycles. The molecule has 0 radical (unpaired) electrons. The van der Waals surface area contributed by atoms with Gasteiger partial charge in [0.25, 0.3) is 0 Å². The van der Waals surface area contributed by atoms with Gasteiger partial charge in [0.15, 0.2) is 5.82 Å². The van der Waals surface area contributed by atoms with Gasteiger partial charge in [-0.3, -0.25) is 4.98 Å². The van der Waals surface area contributed by atoms with Gasteiger partial charge in [-0.2, -0.15) is 0 Å². The summed E-state index contributed by atoms with van der Waals surface area (Å²) < 4.78 is 0. The minimum atomic E-state index is 0.332. The minimum Gasteiger partial charge on any atom is -0.411 e. The third kappa shape index (κ3) is 3.59. The lowest BCUT2D eigenvalue weighted by Gasteiger charge is -2.13. The van der Waals surface area contributed by atoms with Crippen LogP contribution >= 0.6 is 0 Å². The molecule has 2 heterocycles. The molecule has 132 valence electrons. The van der Waals surface area contributed by atoms with E-state index in [0.717, 1.165) is 27.7 Å². The quantitative estimate of drug-likeness (QED) is 0.320. The summed E-state index contributed by atoms with van der Waals surface area (Å²) in [7, 11) is 0. The largest absolute Gasteiger partial charge is 0.411 e. The number of oxime groups is 1. The standard InChI is InChI=1S/C21H17N5O/c27-24-14-19-25-18-11-6-10-17(15-7-2-1-3-8-15)20(18)21(26-19)23-13-16-9-4-5-12-22-16/h1-12,14,27H,13H2,(H,23,25,26). The summed E-state index contributed by atoms with van der Waals surface area (Å²) in [6, 6.07) is 21.8. The van der Waals surface area contributed by atoms with E-state index in [0.29, 0.717) is 18.2 Å². The van der Waals surface area contributed by atoms with Gasteiger partial charge in [-0.25, -0.2) is 9.97 Å². The van der Waals surface area contributed by atoms with E-state index in [1.165, 1.54) is 6.21 Å². The van der Waals surface area contributed by atoms with Crippen molar-refractivity contribution in [1.82, 2.24) is 15.0 Å². The average molecular weight is 355 g/mol. The first kappa shape index (κ1) is 16.7. The smallest absolute Gasteiger partial charge is 0.176 e. The van der Waals surface area contributed by atoms with E-state index in [-0.39, 0.29) is 0 Å². The molecule has 0 spiro atoms. The molecule has 0 fully saturated rings. The number of aromatic nitrogens is 3. The van der Waals surface area contributed by atoms with E-state index >= 15 is 0 Å². The van der Waals surface area contributed by atoms with Crippen LogP contribution in [-0.2, 0) is 6.54 Å². The second-order valence-electron chi connectivity index (χ2n) is 5.92. The Bertz CT molecular complexity index is 1080. The highest BCUT2D eigenvalue weighted by Crippen LogP contribution is 2.32. The van der Waals surface area contributed by atoms with Gasteiger partial charge < -0.3 is 10.5 Å². The summed E-state index contributed by atoms with van der Waals surface area (Å²) in [5.41, 5.74) is 3.78. The first-order chi connectivity index (χ1) is 13.3. The molecule has 2 aromatic heterocycles. The Kier molecular flexibility index (Phi) is 4.70. The van der Waals surface area contributed by atoms with Gasteiger partial charge in [-0.15, -0.1) is 0 Å². The van der Waals surface area contributed by atoms with Crippen LogP contribution in [0.1, 0.15) is 11.5 Å². The molecule has 4 rings (SSSR count). The van der Waals surface area contributed by atoms with Crippen LogP contribution in [0.15, 0.2) is 78.1 Å². The van der Waals surface area contributed by atoms with Crippen molar-refractivity contribution in [1.29, 1.82) is 0 Å². The van der Waals surface area contributed by atoms with Crippen molar-refractivity contribution in [3.8, 4) is 11.1 Å². The maximum Gasteiger partial charge on any atom is 0.176 e. The van der Waals surface area contributed by atoms with E-state index < -0.39 is 0 Å². The summed E-state index contributed by atoms with van der Waals surface area (Å²) in [5.74, 6) is 0.999. The molecule has 6 nitrogen and oxygen atoms in total. The molecular formula is C21H17N5O. The van der Waals surface area contributed by atoms with Crippen LogP contribution in [0.3, 0.4) is 0 Å². The maximum absolute atomic E-state index is 8.88. The van der Waals surface area contributed by atoms with E-state index in [4.69, 9.17) is 5.21 Å². The Hall–Kier alpha value is -3.80. The third-order valence-electron chi connectivity index (χ3n) is 4.16. The Morgan fingerprint density at radius 2 is 1.78 bits per heavy atom. The Morgan fingerprint density at radius 1 is 0.926 bits per heavy atom. The van der Waals surface area contributed by atoms with Crippen LogP contribution in [0, 0.1) is 0 Å². The van der Waals surface area contributed by atoms with Gasteiger partial charge in [0, 0.05) is 6.20 Å². The number of anilines is 1. The van der Waals surface area contributed by atoms with Crippen LogP contribution in [0.5, 0.6) is 0 Å². The summed E-state index contributed by atoms with van der Waals surface area (Å²) >= 11 is 0. The number of hydrogen-bond acceptors (Lipinski definition) is 6. The average Bonchev–Trinajstić information content (AvgIpc) is 2.73. The van der Waals surface area contributed by atoms with Gasteiger partial charge in [0.05, 0.1) is 23.1 Å². The van der Waals surface area contributed by atoms with Crippen molar-refractivity contribution in [2.24, 2.45) is 5.16 Å². The zero-order valence-electron chi connectivity index (χ0n) is 14.4. The zero-order chi connectivity index (χ0) is 18.5. The fourth-order valence-corrected chi connectivity index (χ4v) is 2.97. The molecule has 0 atom stereocenters. The van der Waals surface area contributed by atoms with E-state index in [1.54, 1.807) is 6.20 Å². The molecule has 0 amide bonds. The first-order valence-corrected chi connectivity index (χ1v) is 8.52. The predicted octanol–water partition coefficient (Wildman–Crippen LogP) is 4.11. The Morgan fingerprint density at radius 3 is 2.56 bits per heavy atom. The van der Waals surface area contributed by atoms with Crippen molar-refractivity contribution in [3.05, 3.63) is 84.4 Å². The predicted molar refractivity (Wildman–Crippen MR) is 106 cm³/mol. The molecule has 0 saturated carbocycles. The van der Waals surface area contributed by atoms with Gasteiger partial charge in [-0.1, -0.05) is 53.7 Å². The number of benzene rings is 2. The lowest BCUT2D eigenvalue weighted by Crippen LogP contribution is -2.07. The van der Waals surface area contributed by atoms with Gasteiger partial charge >= 0.3 is 0 Å². The molecule has 2 N–H and O–H groups in total. The highest BCUT2D eigenvalue weighted by atomic mass is 16.4. The number of hydrogen-bond donors (Lipinski definition) is 2. The minimum absolute atomic E-state index is 0.332. The normalized spacial score (nSPS) is 11.1. The van der Waals surface area contributed by atoms with Crippen molar-refractivity contribution >= 4 is 22.9 Å². The number of nitrogens with zero attached hydrogens (tertiary/aromatic N) is 4. The van der Waals surface area contributed by atoms with E-state index in [9.17, 15) is 0 Å². The lowest BCUT2D eigenvalue weighted by molar-refractivity contribution is 0.321. The number of pyridine rings is 1. The van der Waals surface area contributed by atoms with Gasteiger partial charge in [0.1, 0.15) is 12.0 Å². The molecule has 4 aromatic rings. The van der Waals surface area contributed by atoms with Crippen molar-refractivity contribution in [2.75, 3.05) is 5.32 Å². The lowest BCUT2D eigenvalue weighted by atomic mass is 10.0. The number of rotatable bonds is 5. The molecule has 2 aromatic carbocycles.